The summed E-state index contributed by atoms with van der Waals surface area (Å²) < 4.78 is 26.0. The molecule has 0 atom stereocenters. The summed E-state index contributed by atoms with van der Waals surface area (Å²) in [7, 11) is 0. The Hall–Kier alpha value is -0.970. The van der Waals surface area contributed by atoms with Crippen LogP contribution in [0.3, 0.4) is 0 Å². The third kappa shape index (κ3) is 2.03. The Morgan fingerprint density at radius 3 is 2.54 bits per heavy atom. The smallest absolute Gasteiger partial charge is 0.140 e. The Kier molecular flexibility index (Phi) is 2.98. The van der Waals surface area contributed by atoms with Crippen LogP contribution < -0.4 is 5.84 Å². The van der Waals surface area contributed by atoms with Gasteiger partial charge in [0.1, 0.15) is 11.6 Å². The first kappa shape index (κ1) is 10.1. The molecule has 1 rings (SSSR count). The second-order valence-electron chi connectivity index (χ2n) is 2.46. The molecule has 0 saturated heterocycles. The zero-order chi connectivity index (χ0) is 10.0. The predicted octanol–water partition coefficient (Wildman–Crippen LogP) is 2.41. The van der Waals surface area contributed by atoms with Crippen LogP contribution in [0.4, 0.5) is 8.78 Å². The summed E-state index contributed by atoms with van der Waals surface area (Å²) >= 11 is 2.94. The van der Waals surface area contributed by atoms with E-state index in [0.717, 1.165) is 6.07 Å². The van der Waals surface area contributed by atoms with E-state index in [1.54, 1.807) is 6.92 Å². The summed E-state index contributed by atoms with van der Waals surface area (Å²) in [6, 6.07) is 2.09. The minimum Gasteiger partial charge on any atom is -0.323 e. The third-order valence-corrected chi connectivity index (χ3v) is 2.20. The number of hydrogen-bond acceptors (Lipinski definition) is 2. The van der Waals surface area contributed by atoms with Crippen LogP contribution in [0.15, 0.2) is 21.7 Å². The van der Waals surface area contributed by atoms with Gasteiger partial charge in [0.25, 0.3) is 0 Å². The van der Waals surface area contributed by atoms with E-state index in [0.29, 0.717) is 5.71 Å². The lowest BCUT2D eigenvalue weighted by atomic mass is 10.1. The summed E-state index contributed by atoms with van der Waals surface area (Å²) in [6.07, 6.45) is 0. The average Bonchev–Trinajstić information content (AvgIpc) is 2.10. The van der Waals surface area contributed by atoms with Crippen LogP contribution in [0.2, 0.25) is 0 Å². The fourth-order valence-electron chi connectivity index (χ4n) is 0.869. The molecule has 70 valence electrons. The predicted molar refractivity (Wildman–Crippen MR) is 50.5 cm³/mol. The van der Waals surface area contributed by atoms with Gasteiger partial charge in [-0.1, -0.05) is 0 Å². The van der Waals surface area contributed by atoms with Gasteiger partial charge in [-0.05, 0) is 28.9 Å². The zero-order valence-electron chi connectivity index (χ0n) is 6.81. The molecule has 0 amide bonds. The molecule has 0 saturated carbocycles. The zero-order valence-corrected chi connectivity index (χ0v) is 8.40. The molecular formula is C8H7BrF2N2. The quantitative estimate of drug-likeness (QED) is 0.353. The van der Waals surface area contributed by atoms with E-state index in [4.69, 9.17) is 5.84 Å². The van der Waals surface area contributed by atoms with Crippen molar-refractivity contribution in [1.82, 2.24) is 0 Å². The van der Waals surface area contributed by atoms with Gasteiger partial charge in [-0.3, -0.25) is 0 Å². The van der Waals surface area contributed by atoms with Crippen LogP contribution in [0.25, 0.3) is 0 Å². The Morgan fingerprint density at radius 1 is 1.38 bits per heavy atom. The van der Waals surface area contributed by atoms with Gasteiger partial charge in [0.05, 0.1) is 10.2 Å². The minimum atomic E-state index is -0.674. The molecule has 0 spiro atoms. The Morgan fingerprint density at radius 2 is 2.00 bits per heavy atom. The number of nitrogens with zero attached hydrogens (tertiary/aromatic N) is 1. The molecule has 0 aliphatic rings. The Labute approximate surface area is 82.6 Å². The lowest BCUT2D eigenvalue weighted by Crippen LogP contribution is -2.03. The molecule has 1 aromatic carbocycles. The van der Waals surface area contributed by atoms with Crippen molar-refractivity contribution in [2.24, 2.45) is 10.9 Å². The molecule has 5 heteroatoms. The first-order valence-electron chi connectivity index (χ1n) is 3.45. The van der Waals surface area contributed by atoms with Crippen LogP contribution in [0.1, 0.15) is 12.5 Å². The number of halogens is 3. The number of nitrogens with two attached hydrogens (primary N) is 1. The molecule has 0 unspecified atom stereocenters. The van der Waals surface area contributed by atoms with E-state index in [-0.39, 0.29) is 10.0 Å². The lowest BCUT2D eigenvalue weighted by Gasteiger charge is -2.02. The maximum Gasteiger partial charge on any atom is 0.140 e. The highest BCUT2D eigenvalue weighted by atomic mass is 79.9. The highest BCUT2D eigenvalue weighted by Crippen LogP contribution is 2.20. The standard InChI is InChI=1S/C8H7BrF2N2/c1-4(13-12)5-2-6(9)8(11)3-7(5)10/h2-3H,12H2,1H3. The van der Waals surface area contributed by atoms with Gasteiger partial charge in [0.2, 0.25) is 0 Å². The molecule has 0 aromatic heterocycles. The van der Waals surface area contributed by atoms with Gasteiger partial charge < -0.3 is 5.84 Å². The van der Waals surface area contributed by atoms with Crippen molar-refractivity contribution in [2.45, 2.75) is 6.92 Å². The van der Waals surface area contributed by atoms with E-state index in [2.05, 4.69) is 21.0 Å². The molecule has 2 nitrogen and oxygen atoms in total. The summed E-state index contributed by atoms with van der Waals surface area (Å²) in [6.45, 7) is 1.54. The molecule has 0 radical (unpaired) electrons. The molecule has 1 aromatic rings. The topological polar surface area (TPSA) is 38.4 Å². The van der Waals surface area contributed by atoms with Crippen molar-refractivity contribution in [2.75, 3.05) is 0 Å². The van der Waals surface area contributed by atoms with Crippen molar-refractivity contribution in [3.8, 4) is 0 Å². The van der Waals surface area contributed by atoms with Crippen molar-refractivity contribution in [3.63, 3.8) is 0 Å². The number of rotatable bonds is 1. The second-order valence-corrected chi connectivity index (χ2v) is 3.32. The van der Waals surface area contributed by atoms with Gasteiger partial charge in [-0.15, -0.1) is 0 Å². The normalized spacial score (nSPS) is 11.8. The number of hydrazone groups is 1. The van der Waals surface area contributed by atoms with Crippen molar-refractivity contribution in [3.05, 3.63) is 33.8 Å². The largest absolute Gasteiger partial charge is 0.323 e. The summed E-state index contributed by atoms with van der Waals surface area (Å²) in [5.74, 6) is 3.65. The highest BCUT2D eigenvalue weighted by molar-refractivity contribution is 9.10. The Balaban J connectivity index is 3.32. The van der Waals surface area contributed by atoms with E-state index in [1.165, 1.54) is 6.07 Å². The van der Waals surface area contributed by atoms with Crippen molar-refractivity contribution >= 4 is 21.6 Å². The van der Waals surface area contributed by atoms with E-state index < -0.39 is 11.6 Å². The van der Waals surface area contributed by atoms with Gasteiger partial charge in [-0.2, -0.15) is 5.10 Å². The molecule has 0 bridgehead atoms. The maximum atomic E-state index is 13.1. The first-order chi connectivity index (χ1) is 6.06. The summed E-state index contributed by atoms with van der Waals surface area (Å²) in [5.41, 5.74) is 0.508. The van der Waals surface area contributed by atoms with E-state index >= 15 is 0 Å². The summed E-state index contributed by atoms with van der Waals surface area (Å²) in [4.78, 5) is 0. The van der Waals surface area contributed by atoms with Crippen molar-refractivity contribution in [1.29, 1.82) is 0 Å². The molecular weight excluding hydrogens is 242 g/mol. The van der Waals surface area contributed by atoms with Gasteiger partial charge in [-0.25, -0.2) is 8.78 Å². The Bertz CT molecular complexity index is 363. The maximum absolute atomic E-state index is 13.1. The van der Waals surface area contributed by atoms with Crippen LogP contribution in [-0.4, -0.2) is 5.71 Å². The fourth-order valence-corrected chi connectivity index (χ4v) is 1.21. The van der Waals surface area contributed by atoms with Crippen LogP contribution >= 0.6 is 15.9 Å². The van der Waals surface area contributed by atoms with Gasteiger partial charge in [0, 0.05) is 11.6 Å². The van der Waals surface area contributed by atoms with Gasteiger partial charge in [0.15, 0.2) is 0 Å². The van der Waals surface area contributed by atoms with Crippen LogP contribution in [0.5, 0.6) is 0 Å². The second kappa shape index (κ2) is 3.83. The SMILES string of the molecule is CC(=NN)c1cc(Br)c(F)cc1F. The molecule has 2 N–H and O–H groups in total. The molecule has 0 aliphatic carbocycles. The average molecular weight is 249 g/mol. The monoisotopic (exact) mass is 248 g/mol. The summed E-state index contributed by atoms with van der Waals surface area (Å²) in [5, 5.41) is 3.32. The minimum absolute atomic E-state index is 0.187. The fraction of sp³-hybridized carbons (Fsp3) is 0.125. The van der Waals surface area contributed by atoms with Gasteiger partial charge >= 0.3 is 0 Å². The van der Waals surface area contributed by atoms with Crippen molar-refractivity contribution < 1.29 is 8.78 Å². The molecule has 0 aliphatic heterocycles. The van der Waals surface area contributed by atoms with Crippen LogP contribution in [-0.2, 0) is 0 Å². The number of hydrogen-bond donors (Lipinski definition) is 1. The first-order valence-corrected chi connectivity index (χ1v) is 4.25. The third-order valence-electron chi connectivity index (χ3n) is 1.59. The van der Waals surface area contributed by atoms with E-state index in [9.17, 15) is 8.78 Å². The molecule has 0 heterocycles. The molecule has 13 heavy (non-hydrogen) atoms. The lowest BCUT2D eigenvalue weighted by molar-refractivity contribution is 0.577. The highest BCUT2D eigenvalue weighted by Gasteiger charge is 2.09. The van der Waals surface area contributed by atoms with Crippen LogP contribution in [0, 0.1) is 11.6 Å². The van der Waals surface area contributed by atoms with E-state index in [1.807, 2.05) is 0 Å². The molecule has 0 fully saturated rings. The number of benzene rings is 1.